The zero-order chi connectivity index (χ0) is 9.19. The maximum absolute atomic E-state index is 11.3. The van der Waals surface area contributed by atoms with Crippen molar-refractivity contribution in [3.8, 4) is 0 Å². The first-order chi connectivity index (χ1) is 5.54. The van der Waals surface area contributed by atoms with Crippen LogP contribution in [0.5, 0.6) is 0 Å². The molecule has 0 aromatic heterocycles. The zero-order valence-corrected chi connectivity index (χ0v) is 7.44. The molecular weight excluding hydrogens is 156 g/mol. The average molecular weight is 170 g/mol. The molecule has 0 heterocycles. The molecule has 0 aromatic carbocycles. The molecule has 1 rings (SSSR count). The van der Waals surface area contributed by atoms with Gasteiger partial charge in [0.2, 0.25) is 11.8 Å². The molecule has 0 bridgehead atoms. The smallest absolute Gasteiger partial charge is 0.244 e. The largest absolute Gasteiger partial charge is 0.274 e. The van der Waals surface area contributed by atoms with Crippen LogP contribution < -0.4 is 10.9 Å². The van der Waals surface area contributed by atoms with Crippen LogP contribution >= 0.6 is 0 Å². The molecule has 0 atom stereocenters. The lowest BCUT2D eigenvalue weighted by Crippen LogP contribution is -2.50. The summed E-state index contributed by atoms with van der Waals surface area (Å²) in [6.45, 7) is 3.27. The first-order valence-electron chi connectivity index (χ1n) is 4.12. The van der Waals surface area contributed by atoms with Gasteiger partial charge in [-0.15, -0.1) is 0 Å². The molecule has 1 fully saturated rings. The Morgan fingerprint density at radius 2 is 1.83 bits per heavy atom. The number of nitrogens with one attached hydrogen (secondary N) is 2. The van der Waals surface area contributed by atoms with Crippen LogP contribution in [0.3, 0.4) is 0 Å². The van der Waals surface area contributed by atoms with E-state index in [1.54, 1.807) is 0 Å². The lowest BCUT2D eigenvalue weighted by molar-refractivity contribution is -0.138. The Morgan fingerprint density at radius 3 is 2.17 bits per heavy atom. The van der Waals surface area contributed by atoms with Crippen molar-refractivity contribution in [2.75, 3.05) is 0 Å². The van der Waals surface area contributed by atoms with E-state index in [2.05, 4.69) is 10.9 Å². The van der Waals surface area contributed by atoms with Crippen LogP contribution in [0.4, 0.5) is 0 Å². The molecule has 4 heteroatoms. The van der Waals surface area contributed by atoms with Crippen molar-refractivity contribution in [2.24, 2.45) is 5.41 Å². The van der Waals surface area contributed by atoms with Crippen molar-refractivity contribution in [1.82, 2.24) is 10.9 Å². The monoisotopic (exact) mass is 170 g/mol. The van der Waals surface area contributed by atoms with E-state index in [1.165, 1.54) is 6.92 Å². The van der Waals surface area contributed by atoms with Crippen LogP contribution in [-0.2, 0) is 9.59 Å². The Morgan fingerprint density at radius 1 is 1.25 bits per heavy atom. The van der Waals surface area contributed by atoms with E-state index < -0.39 is 0 Å². The van der Waals surface area contributed by atoms with Gasteiger partial charge in [0, 0.05) is 12.3 Å². The molecule has 1 aliphatic carbocycles. The summed E-state index contributed by atoms with van der Waals surface area (Å²) in [5, 5.41) is 0. The van der Waals surface area contributed by atoms with E-state index in [1.807, 2.05) is 6.92 Å². The lowest BCUT2D eigenvalue weighted by Gasteiger charge is -2.36. The normalized spacial score (nSPS) is 19.2. The Labute approximate surface area is 71.7 Å². The van der Waals surface area contributed by atoms with E-state index in [4.69, 9.17) is 0 Å². The highest BCUT2D eigenvalue weighted by Crippen LogP contribution is 2.40. The fourth-order valence-corrected chi connectivity index (χ4v) is 1.23. The Kier molecular flexibility index (Phi) is 2.35. The molecule has 2 N–H and O–H groups in total. The highest BCUT2D eigenvalue weighted by Gasteiger charge is 2.39. The summed E-state index contributed by atoms with van der Waals surface area (Å²) in [7, 11) is 0. The number of hydrogen-bond acceptors (Lipinski definition) is 2. The minimum absolute atomic E-state index is 0.0797. The molecule has 0 spiro atoms. The predicted octanol–water partition coefficient (Wildman–Crippen LogP) is 0.344. The summed E-state index contributed by atoms with van der Waals surface area (Å²) in [4.78, 5) is 21.8. The summed E-state index contributed by atoms with van der Waals surface area (Å²) in [5.74, 6) is -0.324. The maximum Gasteiger partial charge on any atom is 0.244 e. The standard InChI is InChI=1S/C8H14N2O2/c1-6(11)9-10-7(12)8(2)4-3-5-8/h3-5H2,1-2H3,(H,9,11)(H,10,12). The zero-order valence-electron chi connectivity index (χ0n) is 7.44. The van der Waals surface area contributed by atoms with Gasteiger partial charge in [-0.1, -0.05) is 13.3 Å². The van der Waals surface area contributed by atoms with Crippen molar-refractivity contribution in [3.63, 3.8) is 0 Å². The number of hydrogen-bond donors (Lipinski definition) is 2. The molecule has 4 nitrogen and oxygen atoms in total. The molecule has 0 unspecified atom stereocenters. The predicted molar refractivity (Wildman–Crippen MR) is 43.9 cm³/mol. The van der Waals surface area contributed by atoms with Gasteiger partial charge in [0.05, 0.1) is 0 Å². The number of carbonyl (C=O) groups is 2. The van der Waals surface area contributed by atoms with Crippen LogP contribution in [0, 0.1) is 5.41 Å². The van der Waals surface area contributed by atoms with Crippen molar-refractivity contribution in [1.29, 1.82) is 0 Å². The van der Waals surface area contributed by atoms with E-state index in [0.29, 0.717) is 0 Å². The van der Waals surface area contributed by atoms with Gasteiger partial charge in [-0.25, -0.2) is 0 Å². The lowest BCUT2D eigenvalue weighted by atomic mass is 9.70. The third-order valence-corrected chi connectivity index (χ3v) is 2.36. The first kappa shape index (κ1) is 9.03. The van der Waals surface area contributed by atoms with Gasteiger partial charge in [0.1, 0.15) is 0 Å². The number of amides is 2. The van der Waals surface area contributed by atoms with Gasteiger partial charge in [0.25, 0.3) is 0 Å². The van der Waals surface area contributed by atoms with Gasteiger partial charge in [0.15, 0.2) is 0 Å². The molecule has 0 aromatic rings. The maximum atomic E-state index is 11.3. The summed E-state index contributed by atoms with van der Waals surface area (Å²) >= 11 is 0. The van der Waals surface area contributed by atoms with Gasteiger partial charge in [-0.05, 0) is 12.8 Å². The van der Waals surface area contributed by atoms with Crippen LogP contribution in [0.1, 0.15) is 33.1 Å². The minimum atomic E-state index is -0.248. The van der Waals surface area contributed by atoms with Crippen LogP contribution in [0.15, 0.2) is 0 Å². The van der Waals surface area contributed by atoms with Crippen molar-refractivity contribution >= 4 is 11.8 Å². The van der Waals surface area contributed by atoms with Crippen molar-refractivity contribution < 1.29 is 9.59 Å². The first-order valence-corrected chi connectivity index (χ1v) is 4.12. The molecule has 12 heavy (non-hydrogen) atoms. The quantitative estimate of drug-likeness (QED) is 0.558. The van der Waals surface area contributed by atoms with Crippen LogP contribution in [-0.4, -0.2) is 11.8 Å². The van der Waals surface area contributed by atoms with Gasteiger partial charge < -0.3 is 0 Å². The van der Waals surface area contributed by atoms with E-state index in [9.17, 15) is 9.59 Å². The Balaban J connectivity index is 2.33. The van der Waals surface area contributed by atoms with Crippen molar-refractivity contribution in [3.05, 3.63) is 0 Å². The summed E-state index contributed by atoms with van der Waals surface area (Å²) in [6.07, 6.45) is 2.93. The number of rotatable bonds is 1. The number of hydrazine groups is 1. The molecule has 1 saturated carbocycles. The summed E-state index contributed by atoms with van der Waals surface area (Å²) in [5.41, 5.74) is 4.42. The molecule has 2 amide bonds. The highest BCUT2D eigenvalue weighted by atomic mass is 16.2. The van der Waals surface area contributed by atoms with Gasteiger partial charge >= 0.3 is 0 Å². The Bertz CT molecular complexity index is 209. The molecular formula is C8H14N2O2. The Hall–Kier alpha value is -1.06. The van der Waals surface area contributed by atoms with Gasteiger partial charge in [-0.2, -0.15) is 0 Å². The average Bonchev–Trinajstić information content (AvgIpc) is 1.95. The van der Waals surface area contributed by atoms with Crippen molar-refractivity contribution in [2.45, 2.75) is 33.1 Å². The fraction of sp³-hybridized carbons (Fsp3) is 0.750. The van der Waals surface area contributed by atoms with Crippen LogP contribution in [0.25, 0.3) is 0 Å². The molecule has 0 radical (unpaired) electrons. The SMILES string of the molecule is CC(=O)NNC(=O)C1(C)CCC1. The molecule has 0 aliphatic heterocycles. The van der Waals surface area contributed by atoms with E-state index in [-0.39, 0.29) is 17.2 Å². The highest BCUT2D eigenvalue weighted by molar-refractivity contribution is 5.85. The third kappa shape index (κ3) is 1.75. The number of carbonyl (C=O) groups excluding carboxylic acids is 2. The van der Waals surface area contributed by atoms with E-state index >= 15 is 0 Å². The second-order valence-electron chi connectivity index (χ2n) is 3.55. The molecule has 0 saturated heterocycles. The molecule has 1 aliphatic rings. The third-order valence-electron chi connectivity index (χ3n) is 2.36. The second-order valence-corrected chi connectivity index (χ2v) is 3.55. The fourth-order valence-electron chi connectivity index (χ4n) is 1.23. The second kappa shape index (κ2) is 3.13. The van der Waals surface area contributed by atoms with Gasteiger partial charge in [-0.3, -0.25) is 20.4 Å². The summed E-state index contributed by atoms with van der Waals surface area (Å²) in [6, 6.07) is 0. The van der Waals surface area contributed by atoms with E-state index in [0.717, 1.165) is 19.3 Å². The topological polar surface area (TPSA) is 58.2 Å². The minimum Gasteiger partial charge on any atom is -0.274 e. The molecule has 68 valence electrons. The van der Waals surface area contributed by atoms with Crippen LogP contribution in [0.2, 0.25) is 0 Å². The summed E-state index contributed by atoms with van der Waals surface area (Å²) < 4.78 is 0.